The van der Waals surface area contributed by atoms with Gasteiger partial charge in [0.15, 0.2) is 0 Å². The summed E-state index contributed by atoms with van der Waals surface area (Å²) < 4.78 is 0. The van der Waals surface area contributed by atoms with Crippen molar-refractivity contribution in [3.63, 3.8) is 0 Å². The molecule has 0 spiro atoms. The van der Waals surface area contributed by atoms with Gasteiger partial charge in [0.05, 0.1) is 16.7 Å². The van der Waals surface area contributed by atoms with Crippen LogP contribution in [0.3, 0.4) is 0 Å². The fraction of sp³-hybridized carbons (Fsp3) is 0.200. The molecule has 2 aromatic rings. The maximum absolute atomic E-state index is 12.2. The normalized spacial score (nSPS) is 17.0. The fourth-order valence-corrected chi connectivity index (χ4v) is 4.59. The first-order valence-corrected chi connectivity index (χ1v) is 10.7. The Morgan fingerprint density at radius 2 is 1.96 bits per heavy atom. The van der Waals surface area contributed by atoms with Crippen LogP contribution in [0.15, 0.2) is 64.0 Å². The van der Waals surface area contributed by atoms with Gasteiger partial charge in [-0.3, -0.25) is 4.79 Å². The van der Waals surface area contributed by atoms with E-state index in [-0.39, 0.29) is 18.2 Å². The molecule has 1 aliphatic rings. The number of thioether (sulfide) groups is 2. The smallest absolute Gasteiger partial charge is 0.225 e. The number of hydrogen-bond acceptors (Lipinski definition) is 4. The highest BCUT2D eigenvalue weighted by Gasteiger charge is 2.29. The second-order valence-corrected chi connectivity index (χ2v) is 8.09. The Morgan fingerprint density at radius 3 is 2.62 bits per heavy atom. The third kappa shape index (κ3) is 4.27. The molecule has 0 aliphatic carbocycles. The van der Waals surface area contributed by atoms with Crippen LogP contribution >= 0.6 is 35.1 Å². The van der Waals surface area contributed by atoms with Crippen molar-refractivity contribution in [2.45, 2.75) is 23.0 Å². The third-order valence-electron chi connectivity index (χ3n) is 4.20. The van der Waals surface area contributed by atoms with E-state index in [1.165, 1.54) is 11.8 Å². The number of halogens is 1. The SMILES string of the molecule is CSc1ccc([C@H]2CC(=O)NC(SCc3ccccc3Cl)=C2C#N)cc1. The van der Waals surface area contributed by atoms with Gasteiger partial charge in [0.1, 0.15) is 0 Å². The summed E-state index contributed by atoms with van der Waals surface area (Å²) in [6.45, 7) is 0. The Hall–Kier alpha value is -1.87. The van der Waals surface area contributed by atoms with Gasteiger partial charge in [-0.1, -0.05) is 41.9 Å². The number of hydrogen-bond donors (Lipinski definition) is 1. The van der Waals surface area contributed by atoms with Gasteiger partial charge >= 0.3 is 0 Å². The molecule has 0 fully saturated rings. The lowest BCUT2D eigenvalue weighted by molar-refractivity contribution is -0.120. The van der Waals surface area contributed by atoms with E-state index < -0.39 is 0 Å². The maximum atomic E-state index is 12.2. The minimum atomic E-state index is -0.210. The fourth-order valence-electron chi connectivity index (χ4n) is 2.82. The Kier molecular flexibility index (Phi) is 6.31. The van der Waals surface area contributed by atoms with Gasteiger partial charge in [-0.15, -0.1) is 23.5 Å². The number of nitrogens with one attached hydrogen (secondary N) is 1. The number of carbonyl (C=O) groups is 1. The standard InChI is InChI=1S/C20H17ClN2OS2/c1-25-15-8-6-13(7-9-15)16-10-19(24)23-20(17(16)11-22)26-12-14-4-2-3-5-18(14)21/h2-9,16H,10,12H2,1H3,(H,23,24)/t16-/m1/s1. The Balaban J connectivity index is 1.88. The monoisotopic (exact) mass is 400 g/mol. The van der Waals surface area contributed by atoms with E-state index >= 15 is 0 Å². The first kappa shape index (κ1) is 18.9. The summed E-state index contributed by atoms with van der Waals surface area (Å²) in [6.07, 6.45) is 2.31. The molecule has 0 saturated carbocycles. The number of carbonyl (C=O) groups excluding carboxylic acids is 1. The van der Waals surface area contributed by atoms with Crippen molar-refractivity contribution in [2.75, 3.05) is 6.26 Å². The zero-order chi connectivity index (χ0) is 18.5. The predicted molar refractivity (Wildman–Crippen MR) is 109 cm³/mol. The number of nitriles is 1. The first-order chi connectivity index (χ1) is 12.6. The lowest BCUT2D eigenvalue weighted by Gasteiger charge is -2.25. The molecule has 3 nitrogen and oxygen atoms in total. The molecule has 1 aliphatic heterocycles. The number of rotatable bonds is 5. The van der Waals surface area contributed by atoms with Crippen molar-refractivity contribution in [1.29, 1.82) is 5.26 Å². The first-order valence-electron chi connectivity index (χ1n) is 8.06. The Morgan fingerprint density at radius 1 is 1.23 bits per heavy atom. The summed E-state index contributed by atoms with van der Waals surface area (Å²) in [5.74, 6) is 0.321. The quantitative estimate of drug-likeness (QED) is 0.689. The van der Waals surface area contributed by atoms with Gasteiger partial charge in [0.2, 0.25) is 5.91 Å². The summed E-state index contributed by atoms with van der Waals surface area (Å²) in [5, 5.41) is 13.9. The molecule has 1 N–H and O–H groups in total. The zero-order valence-corrected chi connectivity index (χ0v) is 16.5. The summed E-state index contributed by atoms with van der Waals surface area (Å²) in [7, 11) is 0. The molecule has 0 radical (unpaired) electrons. The summed E-state index contributed by atoms with van der Waals surface area (Å²) >= 11 is 9.32. The highest BCUT2D eigenvalue weighted by atomic mass is 35.5. The van der Waals surface area contributed by atoms with Gasteiger partial charge in [-0.25, -0.2) is 0 Å². The Bertz CT molecular complexity index is 887. The molecule has 1 amide bonds. The van der Waals surface area contributed by atoms with E-state index in [1.807, 2.05) is 54.8 Å². The van der Waals surface area contributed by atoms with E-state index in [4.69, 9.17) is 11.6 Å². The van der Waals surface area contributed by atoms with Crippen LogP contribution in [0.2, 0.25) is 5.02 Å². The number of benzene rings is 2. The molecule has 6 heteroatoms. The molecular formula is C20H17ClN2OS2. The Labute approximate surface area is 166 Å². The zero-order valence-electron chi connectivity index (χ0n) is 14.2. The molecular weight excluding hydrogens is 384 g/mol. The van der Waals surface area contributed by atoms with Crippen molar-refractivity contribution in [2.24, 2.45) is 0 Å². The highest BCUT2D eigenvalue weighted by Crippen LogP contribution is 2.37. The van der Waals surface area contributed by atoms with Crippen molar-refractivity contribution >= 4 is 41.0 Å². The largest absolute Gasteiger partial charge is 0.320 e. The summed E-state index contributed by atoms with van der Waals surface area (Å²) in [6, 6.07) is 18.0. The molecule has 2 aromatic carbocycles. The molecule has 3 rings (SSSR count). The van der Waals surface area contributed by atoms with E-state index in [9.17, 15) is 10.1 Å². The van der Waals surface area contributed by atoms with Gasteiger partial charge < -0.3 is 5.32 Å². The average molecular weight is 401 g/mol. The second-order valence-electron chi connectivity index (χ2n) is 5.81. The van der Waals surface area contributed by atoms with Crippen molar-refractivity contribution in [1.82, 2.24) is 5.32 Å². The van der Waals surface area contributed by atoms with E-state index in [1.54, 1.807) is 11.8 Å². The average Bonchev–Trinajstić information content (AvgIpc) is 2.67. The van der Waals surface area contributed by atoms with Crippen LogP contribution in [0, 0.1) is 11.3 Å². The lowest BCUT2D eigenvalue weighted by Crippen LogP contribution is -2.30. The minimum Gasteiger partial charge on any atom is -0.320 e. The van der Waals surface area contributed by atoms with Crippen LogP contribution in [0.1, 0.15) is 23.5 Å². The molecule has 1 atom stereocenters. The molecule has 0 aromatic heterocycles. The minimum absolute atomic E-state index is 0.0652. The van der Waals surface area contributed by atoms with E-state index in [2.05, 4.69) is 11.4 Å². The maximum Gasteiger partial charge on any atom is 0.225 e. The molecule has 0 bridgehead atoms. The van der Waals surface area contributed by atoms with Crippen molar-refractivity contribution < 1.29 is 4.79 Å². The molecule has 1 heterocycles. The summed E-state index contributed by atoms with van der Waals surface area (Å²) in [5.41, 5.74) is 2.58. The second kappa shape index (κ2) is 8.68. The topological polar surface area (TPSA) is 52.9 Å². The number of allylic oxidation sites excluding steroid dienone is 1. The van der Waals surface area contributed by atoms with Gasteiger partial charge in [-0.2, -0.15) is 5.26 Å². The number of nitrogens with zero attached hydrogens (tertiary/aromatic N) is 1. The molecule has 0 saturated heterocycles. The predicted octanol–water partition coefficient (Wildman–Crippen LogP) is 5.33. The van der Waals surface area contributed by atoms with Gasteiger partial charge in [0.25, 0.3) is 0 Å². The molecule has 0 unspecified atom stereocenters. The van der Waals surface area contributed by atoms with Crippen LogP contribution in [-0.4, -0.2) is 12.2 Å². The molecule has 26 heavy (non-hydrogen) atoms. The lowest BCUT2D eigenvalue weighted by atomic mass is 9.87. The van der Waals surface area contributed by atoms with Crippen LogP contribution in [0.5, 0.6) is 0 Å². The third-order valence-corrected chi connectivity index (χ3v) is 6.38. The van der Waals surface area contributed by atoms with Crippen molar-refractivity contribution in [3.05, 3.63) is 75.3 Å². The van der Waals surface area contributed by atoms with Crippen molar-refractivity contribution in [3.8, 4) is 6.07 Å². The van der Waals surface area contributed by atoms with Gasteiger partial charge in [0, 0.05) is 28.0 Å². The highest BCUT2D eigenvalue weighted by molar-refractivity contribution is 8.02. The van der Waals surface area contributed by atoms with E-state index in [0.717, 1.165) is 16.0 Å². The van der Waals surface area contributed by atoms with Crippen LogP contribution < -0.4 is 5.32 Å². The van der Waals surface area contributed by atoms with E-state index in [0.29, 0.717) is 21.4 Å². The van der Waals surface area contributed by atoms with Crippen LogP contribution in [0.4, 0.5) is 0 Å². The molecule has 132 valence electrons. The van der Waals surface area contributed by atoms with Crippen LogP contribution in [-0.2, 0) is 10.5 Å². The number of amides is 1. The van der Waals surface area contributed by atoms with Gasteiger partial charge in [-0.05, 0) is 35.6 Å². The summed E-state index contributed by atoms with van der Waals surface area (Å²) in [4.78, 5) is 13.4. The van der Waals surface area contributed by atoms with Crippen LogP contribution in [0.25, 0.3) is 0 Å².